The van der Waals surface area contributed by atoms with Crippen molar-refractivity contribution in [3.05, 3.63) is 30.3 Å². The third kappa shape index (κ3) is 12.4. The summed E-state index contributed by atoms with van der Waals surface area (Å²) in [5.41, 5.74) is 0. The van der Waals surface area contributed by atoms with Crippen molar-refractivity contribution in [1.82, 2.24) is 0 Å². The van der Waals surface area contributed by atoms with Gasteiger partial charge in [-0.25, -0.2) is 0 Å². The van der Waals surface area contributed by atoms with Crippen LogP contribution in [0.5, 0.6) is 5.75 Å². The molecule has 0 aliphatic heterocycles. The molecule has 0 saturated carbocycles. The number of unbranched alkanes of at least 4 members (excludes halogenated alkanes) is 2. The lowest BCUT2D eigenvalue weighted by atomic mass is 10.1. The van der Waals surface area contributed by atoms with Crippen LogP contribution in [0.25, 0.3) is 0 Å². The molecule has 3 heteroatoms. The van der Waals surface area contributed by atoms with Crippen molar-refractivity contribution in [3.8, 4) is 5.75 Å². The number of rotatable bonds is 9. The van der Waals surface area contributed by atoms with Gasteiger partial charge < -0.3 is 14.9 Å². The molecular formula is C18H32O3. The zero-order valence-electron chi connectivity index (χ0n) is 13.8. The molecule has 0 radical (unpaired) electrons. The topological polar surface area (TPSA) is 49.7 Å². The monoisotopic (exact) mass is 296 g/mol. The second-order valence-corrected chi connectivity index (χ2v) is 5.37. The Hall–Kier alpha value is -1.06. The quantitative estimate of drug-likeness (QED) is 0.672. The fourth-order valence-corrected chi connectivity index (χ4v) is 1.90. The maximum atomic E-state index is 8.11. The number of para-hydroxylation sites is 1. The summed E-state index contributed by atoms with van der Waals surface area (Å²) in [5, 5.41) is 16.0. The van der Waals surface area contributed by atoms with E-state index in [1.807, 2.05) is 30.3 Å². The Morgan fingerprint density at radius 1 is 1.00 bits per heavy atom. The molecule has 2 atom stereocenters. The van der Waals surface area contributed by atoms with E-state index < -0.39 is 6.10 Å². The smallest absolute Gasteiger partial charge is 0.119 e. The summed E-state index contributed by atoms with van der Waals surface area (Å²) in [6.07, 6.45) is 7.28. The van der Waals surface area contributed by atoms with Crippen molar-refractivity contribution in [2.75, 3.05) is 6.61 Å². The molecular weight excluding hydrogens is 264 g/mol. The van der Waals surface area contributed by atoms with Gasteiger partial charge in [0.1, 0.15) is 5.75 Å². The van der Waals surface area contributed by atoms with Crippen LogP contribution in [-0.4, -0.2) is 29.0 Å². The van der Waals surface area contributed by atoms with Gasteiger partial charge in [0.25, 0.3) is 0 Å². The summed E-state index contributed by atoms with van der Waals surface area (Å²) < 4.78 is 6.00. The van der Waals surface area contributed by atoms with E-state index in [2.05, 4.69) is 13.8 Å². The second-order valence-electron chi connectivity index (χ2n) is 5.37. The zero-order chi connectivity index (χ0) is 15.9. The molecule has 1 aromatic carbocycles. The molecule has 0 amide bonds. The lowest BCUT2D eigenvalue weighted by molar-refractivity contribution is 0.110. The summed E-state index contributed by atoms with van der Waals surface area (Å²) in [7, 11) is 0. The first kappa shape index (κ1) is 19.9. The van der Waals surface area contributed by atoms with Crippen LogP contribution in [0, 0.1) is 0 Å². The lowest BCUT2D eigenvalue weighted by Gasteiger charge is -2.18. The van der Waals surface area contributed by atoms with Crippen molar-refractivity contribution in [2.45, 2.75) is 71.5 Å². The van der Waals surface area contributed by atoms with Gasteiger partial charge in [0, 0.05) is 0 Å². The van der Waals surface area contributed by atoms with Crippen molar-refractivity contribution >= 4 is 0 Å². The predicted molar refractivity (Wildman–Crippen MR) is 88.7 cm³/mol. The van der Waals surface area contributed by atoms with Crippen LogP contribution in [-0.2, 0) is 0 Å². The van der Waals surface area contributed by atoms with E-state index in [1.54, 1.807) is 0 Å². The minimum absolute atomic E-state index is 0.139. The standard InChI is InChI=1S/C15H24O.C3H8O2/c1-3-5-7-11-14(10-4-2)16-15-12-8-6-9-13-15;1-3(5)2-4/h6,8-9,12-14H,3-5,7,10-11H2,1-2H3;3-5H,2H2,1H3. The minimum atomic E-state index is -0.560. The van der Waals surface area contributed by atoms with Gasteiger partial charge in [-0.3, -0.25) is 0 Å². The highest BCUT2D eigenvalue weighted by Crippen LogP contribution is 2.17. The Morgan fingerprint density at radius 3 is 2.10 bits per heavy atom. The maximum Gasteiger partial charge on any atom is 0.119 e. The SMILES string of the molecule is CC(O)CO.CCCCCC(CCC)Oc1ccccc1. The number of hydrogen-bond acceptors (Lipinski definition) is 3. The van der Waals surface area contributed by atoms with E-state index in [4.69, 9.17) is 14.9 Å². The maximum absolute atomic E-state index is 8.11. The molecule has 0 saturated heterocycles. The number of ether oxygens (including phenoxy) is 1. The molecule has 1 rings (SSSR count). The molecule has 21 heavy (non-hydrogen) atoms. The Morgan fingerprint density at radius 2 is 1.62 bits per heavy atom. The molecule has 0 aromatic heterocycles. The van der Waals surface area contributed by atoms with Crippen LogP contribution in [0.3, 0.4) is 0 Å². The Bertz CT molecular complexity index is 311. The number of benzene rings is 1. The average Bonchev–Trinajstić information content (AvgIpc) is 2.49. The first-order valence-corrected chi connectivity index (χ1v) is 8.14. The van der Waals surface area contributed by atoms with Gasteiger partial charge in [-0.05, 0) is 38.3 Å². The van der Waals surface area contributed by atoms with Crippen molar-refractivity contribution in [2.24, 2.45) is 0 Å². The number of hydrogen-bond donors (Lipinski definition) is 2. The first-order chi connectivity index (χ1) is 10.1. The molecule has 0 bridgehead atoms. The molecule has 0 aliphatic rings. The molecule has 2 unspecified atom stereocenters. The second kappa shape index (κ2) is 13.9. The molecule has 3 nitrogen and oxygen atoms in total. The molecule has 2 N–H and O–H groups in total. The zero-order valence-corrected chi connectivity index (χ0v) is 13.8. The molecule has 1 aromatic rings. The van der Waals surface area contributed by atoms with Crippen molar-refractivity contribution in [3.63, 3.8) is 0 Å². The van der Waals surface area contributed by atoms with Crippen LogP contribution in [0.15, 0.2) is 30.3 Å². The third-order valence-corrected chi connectivity index (χ3v) is 3.05. The summed E-state index contributed by atoms with van der Waals surface area (Å²) in [6.45, 7) is 5.86. The van der Waals surface area contributed by atoms with Crippen LogP contribution in [0.4, 0.5) is 0 Å². The van der Waals surface area contributed by atoms with Crippen molar-refractivity contribution in [1.29, 1.82) is 0 Å². The Labute approximate surface area is 130 Å². The number of aliphatic hydroxyl groups excluding tert-OH is 2. The lowest BCUT2D eigenvalue weighted by Crippen LogP contribution is -2.16. The van der Waals surface area contributed by atoms with E-state index in [0.717, 1.165) is 5.75 Å². The Balaban J connectivity index is 0.000000690. The molecule has 0 spiro atoms. The van der Waals surface area contributed by atoms with Gasteiger partial charge in [-0.1, -0.05) is 51.3 Å². The van der Waals surface area contributed by atoms with Gasteiger partial charge in [-0.2, -0.15) is 0 Å². The van der Waals surface area contributed by atoms with E-state index in [1.165, 1.54) is 45.4 Å². The third-order valence-electron chi connectivity index (χ3n) is 3.05. The van der Waals surface area contributed by atoms with Crippen LogP contribution in [0.1, 0.15) is 59.3 Å². The highest BCUT2D eigenvalue weighted by molar-refractivity contribution is 5.21. The highest BCUT2D eigenvalue weighted by Gasteiger charge is 2.08. The minimum Gasteiger partial charge on any atom is -0.490 e. The summed E-state index contributed by atoms with van der Waals surface area (Å²) in [5.74, 6) is 1.01. The predicted octanol–water partition coefficient (Wildman–Crippen LogP) is 4.17. The molecule has 0 fully saturated rings. The first-order valence-electron chi connectivity index (χ1n) is 8.14. The molecule has 0 heterocycles. The molecule has 0 aliphatic carbocycles. The van der Waals surface area contributed by atoms with Gasteiger partial charge in [-0.15, -0.1) is 0 Å². The van der Waals surface area contributed by atoms with Crippen LogP contribution in [0.2, 0.25) is 0 Å². The normalized spacial score (nSPS) is 13.0. The van der Waals surface area contributed by atoms with E-state index in [0.29, 0.717) is 6.10 Å². The Kier molecular flexibility index (Phi) is 13.2. The van der Waals surface area contributed by atoms with E-state index in [9.17, 15) is 0 Å². The summed E-state index contributed by atoms with van der Waals surface area (Å²) in [4.78, 5) is 0. The fraction of sp³-hybridized carbons (Fsp3) is 0.667. The summed E-state index contributed by atoms with van der Waals surface area (Å²) in [6, 6.07) is 10.2. The average molecular weight is 296 g/mol. The molecule has 122 valence electrons. The summed E-state index contributed by atoms with van der Waals surface area (Å²) >= 11 is 0. The van der Waals surface area contributed by atoms with Crippen LogP contribution < -0.4 is 4.74 Å². The van der Waals surface area contributed by atoms with E-state index in [-0.39, 0.29) is 6.61 Å². The van der Waals surface area contributed by atoms with E-state index >= 15 is 0 Å². The van der Waals surface area contributed by atoms with Crippen LogP contribution >= 0.6 is 0 Å². The highest BCUT2D eigenvalue weighted by atomic mass is 16.5. The fourth-order valence-electron chi connectivity index (χ4n) is 1.90. The van der Waals surface area contributed by atoms with Gasteiger partial charge >= 0.3 is 0 Å². The largest absolute Gasteiger partial charge is 0.490 e. The van der Waals surface area contributed by atoms with Gasteiger partial charge in [0.05, 0.1) is 18.8 Å². The number of aliphatic hydroxyl groups is 2. The van der Waals surface area contributed by atoms with Crippen molar-refractivity contribution < 1.29 is 14.9 Å². The van der Waals surface area contributed by atoms with Gasteiger partial charge in [0.2, 0.25) is 0 Å². The van der Waals surface area contributed by atoms with Gasteiger partial charge in [0.15, 0.2) is 0 Å².